The van der Waals surface area contributed by atoms with Crippen molar-refractivity contribution >= 4 is 5.69 Å². The molecular formula is C18H22N2O. The van der Waals surface area contributed by atoms with Crippen molar-refractivity contribution in [1.29, 1.82) is 0 Å². The van der Waals surface area contributed by atoms with E-state index in [9.17, 15) is 5.11 Å². The Labute approximate surface area is 126 Å². The molecule has 1 saturated heterocycles. The van der Waals surface area contributed by atoms with Gasteiger partial charge >= 0.3 is 0 Å². The molecular weight excluding hydrogens is 260 g/mol. The second-order valence-corrected chi connectivity index (χ2v) is 5.92. The van der Waals surface area contributed by atoms with Gasteiger partial charge in [-0.15, -0.1) is 0 Å². The number of hydrogen-bond acceptors (Lipinski definition) is 3. The van der Waals surface area contributed by atoms with Gasteiger partial charge in [0.05, 0.1) is 5.60 Å². The maximum Gasteiger partial charge on any atom is 0.0920 e. The van der Waals surface area contributed by atoms with Crippen molar-refractivity contribution in [3.05, 3.63) is 65.7 Å². The molecule has 2 aromatic rings. The van der Waals surface area contributed by atoms with Gasteiger partial charge in [0.25, 0.3) is 0 Å². The number of piperidine rings is 1. The summed E-state index contributed by atoms with van der Waals surface area (Å²) < 4.78 is 0. The highest BCUT2D eigenvalue weighted by Gasteiger charge is 2.33. The standard InChI is InChI=1S/C18H22N2O/c19-17-8-6-16(7-9-17)18(21)10-12-20(13-11-18)14-15-4-2-1-3-5-15/h1-9,21H,10-14,19H2. The molecule has 3 heteroatoms. The largest absolute Gasteiger partial charge is 0.399 e. The van der Waals surface area contributed by atoms with Crippen molar-refractivity contribution < 1.29 is 5.11 Å². The molecule has 0 saturated carbocycles. The van der Waals surface area contributed by atoms with Crippen LogP contribution in [0.5, 0.6) is 0 Å². The second-order valence-electron chi connectivity index (χ2n) is 5.92. The van der Waals surface area contributed by atoms with E-state index in [0.717, 1.165) is 43.7 Å². The van der Waals surface area contributed by atoms with Crippen molar-refractivity contribution in [3.63, 3.8) is 0 Å². The maximum absolute atomic E-state index is 10.8. The highest BCUT2D eigenvalue weighted by atomic mass is 16.3. The first-order chi connectivity index (χ1) is 10.2. The average Bonchev–Trinajstić information content (AvgIpc) is 2.51. The topological polar surface area (TPSA) is 49.5 Å². The van der Waals surface area contributed by atoms with Crippen LogP contribution in [0, 0.1) is 0 Å². The molecule has 0 radical (unpaired) electrons. The van der Waals surface area contributed by atoms with Gasteiger partial charge in [0.1, 0.15) is 0 Å². The quantitative estimate of drug-likeness (QED) is 0.851. The summed E-state index contributed by atoms with van der Waals surface area (Å²) in [6.45, 7) is 2.78. The van der Waals surface area contributed by atoms with Crippen LogP contribution in [0.1, 0.15) is 24.0 Å². The van der Waals surface area contributed by atoms with Crippen LogP contribution in [-0.4, -0.2) is 23.1 Å². The van der Waals surface area contributed by atoms with Gasteiger partial charge < -0.3 is 10.8 Å². The van der Waals surface area contributed by atoms with Crippen LogP contribution in [0.15, 0.2) is 54.6 Å². The predicted octanol–water partition coefficient (Wildman–Crippen LogP) is 2.75. The normalized spacial score (nSPS) is 18.5. The lowest BCUT2D eigenvalue weighted by Gasteiger charge is -2.38. The number of likely N-dealkylation sites (tertiary alicyclic amines) is 1. The van der Waals surface area contributed by atoms with E-state index in [0.29, 0.717) is 0 Å². The van der Waals surface area contributed by atoms with Gasteiger partial charge in [-0.2, -0.15) is 0 Å². The van der Waals surface area contributed by atoms with E-state index in [-0.39, 0.29) is 0 Å². The maximum atomic E-state index is 10.8. The van der Waals surface area contributed by atoms with Crippen LogP contribution in [0.4, 0.5) is 5.69 Å². The number of rotatable bonds is 3. The van der Waals surface area contributed by atoms with E-state index in [2.05, 4.69) is 29.2 Å². The van der Waals surface area contributed by atoms with Gasteiger partial charge in [0.2, 0.25) is 0 Å². The third-order valence-electron chi connectivity index (χ3n) is 4.38. The fourth-order valence-electron chi connectivity index (χ4n) is 3.00. The lowest BCUT2D eigenvalue weighted by molar-refractivity contribution is -0.0277. The average molecular weight is 282 g/mol. The number of nitrogens with two attached hydrogens (primary N) is 1. The van der Waals surface area contributed by atoms with Crippen molar-refractivity contribution in [3.8, 4) is 0 Å². The summed E-state index contributed by atoms with van der Waals surface area (Å²) in [5, 5.41) is 10.8. The lowest BCUT2D eigenvalue weighted by atomic mass is 9.84. The molecule has 1 aliphatic rings. The van der Waals surface area contributed by atoms with Crippen LogP contribution in [0.2, 0.25) is 0 Å². The summed E-state index contributed by atoms with van der Waals surface area (Å²) in [6, 6.07) is 18.1. The van der Waals surface area contributed by atoms with Gasteiger partial charge in [-0.05, 0) is 36.1 Å². The molecule has 2 aromatic carbocycles. The van der Waals surface area contributed by atoms with Crippen LogP contribution in [0.25, 0.3) is 0 Å². The number of anilines is 1. The van der Waals surface area contributed by atoms with Crippen LogP contribution in [-0.2, 0) is 12.1 Å². The number of hydrogen-bond donors (Lipinski definition) is 2. The summed E-state index contributed by atoms with van der Waals surface area (Å²) in [5.74, 6) is 0. The molecule has 0 unspecified atom stereocenters. The molecule has 3 nitrogen and oxygen atoms in total. The van der Waals surface area contributed by atoms with E-state index >= 15 is 0 Å². The zero-order chi connectivity index (χ0) is 14.7. The minimum absolute atomic E-state index is 0.707. The summed E-state index contributed by atoms with van der Waals surface area (Å²) >= 11 is 0. The van der Waals surface area contributed by atoms with E-state index in [1.165, 1.54) is 5.56 Å². The smallest absolute Gasteiger partial charge is 0.0920 e. The molecule has 0 bridgehead atoms. The first kappa shape index (κ1) is 14.1. The third-order valence-corrected chi connectivity index (χ3v) is 4.38. The SMILES string of the molecule is Nc1ccc(C2(O)CCN(Cc3ccccc3)CC2)cc1. The molecule has 0 amide bonds. The Kier molecular flexibility index (Phi) is 3.95. The summed E-state index contributed by atoms with van der Waals surface area (Å²) in [4.78, 5) is 2.40. The van der Waals surface area contributed by atoms with Gasteiger partial charge in [-0.25, -0.2) is 0 Å². The number of benzene rings is 2. The molecule has 1 heterocycles. The number of nitrogen functional groups attached to an aromatic ring is 1. The van der Waals surface area contributed by atoms with Gasteiger partial charge in [-0.1, -0.05) is 42.5 Å². The second kappa shape index (κ2) is 5.88. The summed E-state index contributed by atoms with van der Waals surface area (Å²) in [7, 11) is 0. The fraction of sp³-hybridized carbons (Fsp3) is 0.333. The molecule has 1 aliphatic heterocycles. The molecule has 0 atom stereocenters. The Morgan fingerprint density at radius 2 is 1.57 bits per heavy atom. The fourth-order valence-corrected chi connectivity index (χ4v) is 3.00. The van der Waals surface area contributed by atoms with E-state index in [1.54, 1.807) is 0 Å². The van der Waals surface area contributed by atoms with Crippen LogP contribution < -0.4 is 5.73 Å². The van der Waals surface area contributed by atoms with Gasteiger partial charge in [0, 0.05) is 25.3 Å². The highest BCUT2D eigenvalue weighted by molar-refractivity contribution is 5.41. The Morgan fingerprint density at radius 3 is 2.19 bits per heavy atom. The highest BCUT2D eigenvalue weighted by Crippen LogP contribution is 2.33. The van der Waals surface area contributed by atoms with Gasteiger partial charge in [0.15, 0.2) is 0 Å². The Morgan fingerprint density at radius 1 is 0.952 bits per heavy atom. The molecule has 0 aliphatic carbocycles. The van der Waals surface area contributed by atoms with Gasteiger partial charge in [-0.3, -0.25) is 4.90 Å². The first-order valence-corrected chi connectivity index (χ1v) is 7.50. The summed E-state index contributed by atoms with van der Waals surface area (Å²) in [5.41, 5.74) is 8.06. The first-order valence-electron chi connectivity index (χ1n) is 7.50. The Hall–Kier alpha value is -1.84. The lowest BCUT2D eigenvalue weighted by Crippen LogP contribution is -2.42. The molecule has 110 valence electrons. The molecule has 0 aromatic heterocycles. The molecule has 21 heavy (non-hydrogen) atoms. The number of aliphatic hydroxyl groups is 1. The van der Waals surface area contributed by atoms with Crippen molar-refractivity contribution in [1.82, 2.24) is 4.90 Å². The van der Waals surface area contributed by atoms with E-state index in [4.69, 9.17) is 5.73 Å². The van der Waals surface area contributed by atoms with Crippen LogP contribution >= 0.6 is 0 Å². The van der Waals surface area contributed by atoms with Crippen molar-refractivity contribution in [2.45, 2.75) is 25.0 Å². The minimum atomic E-state index is -0.707. The zero-order valence-electron chi connectivity index (χ0n) is 12.2. The monoisotopic (exact) mass is 282 g/mol. The molecule has 1 fully saturated rings. The zero-order valence-corrected chi connectivity index (χ0v) is 12.2. The van der Waals surface area contributed by atoms with E-state index in [1.807, 2.05) is 30.3 Å². The third kappa shape index (κ3) is 3.26. The predicted molar refractivity (Wildman–Crippen MR) is 85.7 cm³/mol. The Bertz CT molecular complexity index is 572. The molecule has 0 spiro atoms. The molecule has 3 rings (SSSR count). The van der Waals surface area contributed by atoms with Crippen LogP contribution in [0.3, 0.4) is 0 Å². The van der Waals surface area contributed by atoms with Crippen molar-refractivity contribution in [2.75, 3.05) is 18.8 Å². The minimum Gasteiger partial charge on any atom is -0.399 e. The number of nitrogens with zero attached hydrogens (tertiary/aromatic N) is 1. The Balaban J connectivity index is 1.63. The van der Waals surface area contributed by atoms with Crippen molar-refractivity contribution in [2.24, 2.45) is 0 Å². The van der Waals surface area contributed by atoms with E-state index < -0.39 is 5.60 Å². The summed E-state index contributed by atoms with van der Waals surface area (Å²) in [6.07, 6.45) is 1.54. The molecule has 3 N–H and O–H groups in total.